The Labute approximate surface area is 166 Å². The van der Waals surface area contributed by atoms with Crippen molar-refractivity contribution in [2.24, 2.45) is 17.8 Å². The summed E-state index contributed by atoms with van der Waals surface area (Å²) in [4.78, 5) is 51.0. The Balaban J connectivity index is 1.82. The highest BCUT2D eigenvalue weighted by Crippen LogP contribution is 2.59. The maximum atomic E-state index is 13.4. The van der Waals surface area contributed by atoms with Crippen molar-refractivity contribution in [3.05, 3.63) is 30.3 Å². The Bertz CT molecular complexity index is 870. The molecule has 2 heterocycles. The number of carbonyl (C=O) groups is 4. The van der Waals surface area contributed by atoms with Crippen LogP contribution in [0.25, 0.3) is 0 Å². The summed E-state index contributed by atoms with van der Waals surface area (Å²) in [6.07, 6.45) is -1.84. The fourth-order valence-electron chi connectivity index (χ4n) is 4.88. The van der Waals surface area contributed by atoms with E-state index in [1.165, 1.54) is 25.9 Å². The van der Waals surface area contributed by atoms with E-state index in [1.807, 2.05) is 6.07 Å². The van der Waals surface area contributed by atoms with Crippen LogP contribution in [0.4, 0.5) is 5.69 Å². The largest absolute Gasteiger partial charge is 0.469 e. The Morgan fingerprint density at radius 3 is 2.41 bits per heavy atom. The van der Waals surface area contributed by atoms with Crippen molar-refractivity contribution in [1.29, 1.82) is 0 Å². The van der Waals surface area contributed by atoms with Crippen LogP contribution in [-0.2, 0) is 38.1 Å². The lowest BCUT2D eigenvalue weighted by atomic mass is 9.77. The number of fused-ring (bicyclic) bond motifs is 1. The highest BCUT2D eigenvalue weighted by molar-refractivity contribution is 6.00. The van der Waals surface area contributed by atoms with E-state index in [-0.39, 0.29) is 12.5 Å². The lowest BCUT2D eigenvalue weighted by molar-refractivity contribution is -0.268. The monoisotopic (exact) mass is 403 g/mol. The van der Waals surface area contributed by atoms with Crippen LogP contribution in [0.2, 0.25) is 0 Å². The van der Waals surface area contributed by atoms with Gasteiger partial charge < -0.3 is 23.8 Å². The molecule has 1 aromatic carbocycles. The Morgan fingerprint density at radius 2 is 1.83 bits per heavy atom. The molecule has 9 heteroatoms. The SMILES string of the molecule is COC(=O)C1[C@H]2O[C@@]3(OC(C)=O)CN(c4ccccc4)C(=O)[C@@H]1[C@H]3[C@H]2OC(C)=O. The van der Waals surface area contributed by atoms with Gasteiger partial charge in [0.15, 0.2) is 0 Å². The first kappa shape index (κ1) is 19.4. The fourth-order valence-corrected chi connectivity index (χ4v) is 4.88. The Morgan fingerprint density at radius 1 is 1.14 bits per heavy atom. The summed E-state index contributed by atoms with van der Waals surface area (Å²) < 4.78 is 22.0. The third-order valence-corrected chi connectivity index (χ3v) is 5.74. The van der Waals surface area contributed by atoms with Crippen LogP contribution in [-0.4, -0.2) is 55.5 Å². The van der Waals surface area contributed by atoms with Gasteiger partial charge in [0.25, 0.3) is 0 Å². The number of amides is 1. The molecule has 1 aromatic rings. The van der Waals surface area contributed by atoms with E-state index in [1.54, 1.807) is 24.3 Å². The quantitative estimate of drug-likeness (QED) is 0.533. The number of carbonyl (C=O) groups excluding carboxylic acids is 4. The van der Waals surface area contributed by atoms with E-state index < -0.39 is 53.7 Å². The van der Waals surface area contributed by atoms with E-state index in [0.29, 0.717) is 5.69 Å². The molecule has 0 N–H and O–H groups in total. The third kappa shape index (κ3) is 2.88. The van der Waals surface area contributed by atoms with Crippen LogP contribution < -0.4 is 4.90 Å². The molecule has 2 aliphatic heterocycles. The normalized spacial score (nSPS) is 34.7. The number of para-hydroxylation sites is 1. The van der Waals surface area contributed by atoms with Gasteiger partial charge in [-0.2, -0.15) is 0 Å². The Kier molecular flexibility index (Phi) is 4.57. The zero-order chi connectivity index (χ0) is 20.9. The van der Waals surface area contributed by atoms with Gasteiger partial charge in [0.05, 0.1) is 31.4 Å². The number of ether oxygens (including phenoxy) is 4. The number of esters is 3. The molecule has 1 amide bonds. The van der Waals surface area contributed by atoms with Gasteiger partial charge in [0.2, 0.25) is 11.7 Å². The first-order valence-electron chi connectivity index (χ1n) is 9.28. The number of methoxy groups -OCH3 is 1. The van der Waals surface area contributed by atoms with Gasteiger partial charge in [-0.25, -0.2) is 0 Å². The van der Waals surface area contributed by atoms with Crippen molar-refractivity contribution in [3.63, 3.8) is 0 Å². The zero-order valence-electron chi connectivity index (χ0n) is 16.2. The number of hydrogen-bond acceptors (Lipinski definition) is 8. The van der Waals surface area contributed by atoms with E-state index in [4.69, 9.17) is 18.9 Å². The van der Waals surface area contributed by atoms with Gasteiger partial charge in [-0.15, -0.1) is 0 Å². The number of piperidine rings is 1. The van der Waals surface area contributed by atoms with Gasteiger partial charge in [-0.05, 0) is 12.1 Å². The second-order valence-electron chi connectivity index (χ2n) is 7.42. The molecule has 9 nitrogen and oxygen atoms in total. The third-order valence-electron chi connectivity index (χ3n) is 5.74. The maximum absolute atomic E-state index is 13.4. The van der Waals surface area contributed by atoms with E-state index in [0.717, 1.165) is 0 Å². The summed E-state index contributed by atoms with van der Waals surface area (Å²) in [5, 5.41) is 0. The van der Waals surface area contributed by atoms with Crippen molar-refractivity contribution in [2.75, 3.05) is 18.6 Å². The van der Waals surface area contributed by atoms with E-state index >= 15 is 0 Å². The minimum absolute atomic E-state index is 0.0707. The summed E-state index contributed by atoms with van der Waals surface area (Å²) >= 11 is 0. The molecular weight excluding hydrogens is 382 g/mol. The van der Waals surface area contributed by atoms with Crippen molar-refractivity contribution in [1.82, 2.24) is 0 Å². The van der Waals surface area contributed by atoms with Crippen molar-refractivity contribution in [2.45, 2.75) is 31.8 Å². The molecule has 0 spiro atoms. The summed E-state index contributed by atoms with van der Waals surface area (Å²) in [6.45, 7) is 2.40. The molecule has 1 aliphatic carbocycles. The molecule has 2 saturated heterocycles. The molecule has 6 atom stereocenters. The first-order valence-corrected chi connectivity index (χ1v) is 9.28. The number of anilines is 1. The fraction of sp³-hybridized carbons (Fsp3) is 0.500. The van der Waals surface area contributed by atoms with Gasteiger partial charge in [-0.1, -0.05) is 18.2 Å². The van der Waals surface area contributed by atoms with Crippen molar-refractivity contribution >= 4 is 29.5 Å². The van der Waals surface area contributed by atoms with Gasteiger partial charge >= 0.3 is 17.9 Å². The van der Waals surface area contributed by atoms with E-state index in [2.05, 4.69) is 0 Å². The number of rotatable bonds is 4. The number of nitrogens with zero attached hydrogens (tertiary/aromatic N) is 1. The number of benzene rings is 1. The highest BCUT2D eigenvalue weighted by Gasteiger charge is 2.77. The zero-order valence-corrected chi connectivity index (χ0v) is 16.2. The molecule has 1 saturated carbocycles. The molecule has 0 radical (unpaired) electrons. The Hall–Kier alpha value is -2.94. The second kappa shape index (κ2) is 6.84. The topological polar surface area (TPSA) is 108 Å². The smallest absolute Gasteiger partial charge is 0.312 e. The summed E-state index contributed by atoms with van der Waals surface area (Å²) in [5.41, 5.74) is 0.578. The lowest BCUT2D eigenvalue weighted by Crippen LogP contribution is -2.66. The van der Waals surface area contributed by atoms with E-state index in [9.17, 15) is 19.2 Å². The highest BCUT2D eigenvalue weighted by atomic mass is 16.7. The van der Waals surface area contributed by atoms with Gasteiger partial charge in [-0.3, -0.25) is 19.2 Å². The minimum atomic E-state index is -1.52. The maximum Gasteiger partial charge on any atom is 0.312 e. The second-order valence-corrected chi connectivity index (χ2v) is 7.42. The molecule has 3 aliphatic rings. The molecule has 1 unspecified atom stereocenters. The van der Waals surface area contributed by atoms with Crippen LogP contribution in [0.3, 0.4) is 0 Å². The van der Waals surface area contributed by atoms with Crippen molar-refractivity contribution in [3.8, 4) is 0 Å². The van der Waals surface area contributed by atoms with Crippen LogP contribution in [0, 0.1) is 17.8 Å². The van der Waals surface area contributed by atoms with Crippen LogP contribution in [0.1, 0.15) is 13.8 Å². The molecule has 2 bridgehead atoms. The molecular formula is C20H21NO8. The minimum Gasteiger partial charge on any atom is -0.469 e. The first-order chi connectivity index (χ1) is 13.8. The lowest BCUT2D eigenvalue weighted by Gasteiger charge is -2.49. The molecule has 4 rings (SSSR count). The van der Waals surface area contributed by atoms with Crippen LogP contribution >= 0.6 is 0 Å². The van der Waals surface area contributed by atoms with Crippen LogP contribution in [0.5, 0.6) is 0 Å². The molecule has 0 aromatic heterocycles. The van der Waals surface area contributed by atoms with Crippen LogP contribution in [0.15, 0.2) is 30.3 Å². The van der Waals surface area contributed by atoms with Crippen molar-refractivity contribution < 1.29 is 38.1 Å². The average molecular weight is 403 g/mol. The summed E-state index contributed by atoms with van der Waals surface area (Å²) in [6, 6.07) is 8.82. The average Bonchev–Trinajstić information content (AvgIpc) is 3.14. The molecule has 3 fully saturated rings. The summed E-state index contributed by atoms with van der Waals surface area (Å²) in [7, 11) is 1.22. The predicted octanol–water partition coefficient (Wildman–Crippen LogP) is 0.658. The summed E-state index contributed by atoms with van der Waals surface area (Å²) in [5.74, 6) is -6.37. The van der Waals surface area contributed by atoms with Gasteiger partial charge in [0, 0.05) is 19.5 Å². The molecule has 29 heavy (non-hydrogen) atoms. The predicted molar refractivity (Wildman–Crippen MR) is 96.2 cm³/mol. The standard InChI is InChI=1S/C20H21NO8/c1-10(22)27-17-15-13-14(19(25)26-3)16(17)29-20(15,28-11(2)23)9-21(18(13)24)12-7-5-4-6-8-12/h4-8,13-17H,9H2,1-3H3/t13-,14?,15-,16+,17+,20-/m0/s1. The number of hydrogen-bond donors (Lipinski definition) is 0. The van der Waals surface area contributed by atoms with Gasteiger partial charge in [0.1, 0.15) is 12.2 Å². The molecule has 154 valence electrons.